The number of rotatable bonds is 5. The van der Waals surface area contributed by atoms with Crippen LogP contribution in [0, 0.1) is 6.92 Å². The average Bonchev–Trinajstić information content (AvgIpc) is 2.30. The molecule has 1 aromatic rings. The number of nitrogens with two attached hydrogens (primary N) is 1. The van der Waals surface area contributed by atoms with Crippen molar-refractivity contribution in [1.29, 1.82) is 0 Å². The SMILES string of the molecule is CCCN(CC(N)=S)C(=O)c1cc(Cl)ccc1C. The Hall–Kier alpha value is -1.13. The summed E-state index contributed by atoms with van der Waals surface area (Å²) in [6.07, 6.45) is 0.855. The van der Waals surface area contributed by atoms with Gasteiger partial charge in [0.1, 0.15) is 0 Å². The molecule has 0 radical (unpaired) electrons. The van der Waals surface area contributed by atoms with Crippen molar-refractivity contribution in [3.05, 3.63) is 34.3 Å². The van der Waals surface area contributed by atoms with E-state index >= 15 is 0 Å². The summed E-state index contributed by atoms with van der Waals surface area (Å²) in [5.41, 5.74) is 7.02. The lowest BCUT2D eigenvalue weighted by molar-refractivity contribution is 0.0779. The highest BCUT2D eigenvalue weighted by molar-refractivity contribution is 7.80. The van der Waals surface area contributed by atoms with Gasteiger partial charge in [-0.15, -0.1) is 0 Å². The van der Waals surface area contributed by atoms with E-state index < -0.39 is 0 Å². The maximum Gasteiger partial charge on any atom is 0.254 e. The third-order valence-corrected chi connectivity index (χ3v) is 2.92. The molecular weight excluding hydrogens is 268 g/mol. The molecule has 5 heteroatoms. The van der Waals surface area contributed by atoms with Crippen molar-refractivity contribution in [2.75, 3.05) is 13.1 Å². The molecule has 98 valence electrons. The van der Waals surface area contributed by atoms with E-state index in [1.807, 2.05) is 19.9 Å². The first kappa shape index (κ1) is 14.9. The van der Waals surface area contributed by atoms with Crippen LogP contribution in [0.5, 0.6) is 0 Å². The van der Waals surface area contributed by atoms with Crippen LogP contribution >= 0.6 is 23.8 Å². The Morgan fingerprint density at radius 3 is 2.72 bits per heavy atom. The van der Waals surface area contributed by atoms with Crippen LogP contribution in [0.1, 0.15) is 29.3 Å². The number of hydrogen-bond acceptors (Lipinski definition) is 2. The molecule has 0 spiro atoms. The van der Waals surface area contributed by atoms with Gasteiger partial charge in [-0.2, -0.15) is 0 Å². The van der Waals surface area contributed by atoms with E-state index in [9.17, 15) is 4.79 Å². The predicted octanol–water partition coefficient (Wildman–Crippen LogP) is 2.79. The van der Waals surface area contributed by atoms with E-state index in [-0.39, 0.29) is 5.91 Å². The lowest BCUT2D eigenvalue weighted by Crippen LogP contribution is -2.38. The first-order chi connectivity index (χ1) is 8.45. The monoisotopic (exact) mass is 284 g/mol. The van der Waals surface area contributed by atoms with Crippen molar-refractivity contribution in [3.63, 3.8) is 0 Å². The van der Waals surface area contributed by atoms with Crippen LogP contribution in [-0.4, -0.2) is 28.9 Å². The van der Waals surface area contributed by atoms with Crippen LogP contribution in [0.2, 0.25) is 5.02 Å². The fourth-order valence-electron chi connectivity index (χ4n) is 1.71. The molecule has 1 amide bonds. The summed E-state index contributed by atoms with van der Waals surface area (Å²) in [5.74, 6) is -0.0790. The zero-order valence-corrected chi connectivity index (χ0v) is 12.1. The first-order valence-corrected chi connectivity index (χ1v) is 6.58. The normalized spacial score (nSPS) is 10.2. The van der Waals surface area contributed by atoms with Crippen LogP contribution in [0.3, 0.4) is 0 Å². The van der Waals surface area contributed by atoms with E-state index in [0.717, 1.165) is 12.0 Å². The Labute approximate surface area is 118 Å². The molecule has 3 nitrogen and oxygen atoms in total. The van der Waals surface area contributed by atoms with Gasteiger partial charge < -0.3 is 10.6 Å². The number of thiocarbonyl (C=S) groups is 1. The quantitative estimate of drug-likeness (QED) is 0.846. The minimum atomic E-state index is -0.0790. The molecule has 2 N–H and O–H groups in total. The molecule has 0 bridgehead atoms. The lowest BCUT2D eigenvalue weighted by atomic mass is 10.1. The highest BCUT2D eigenvalue weighted by Gasteiger charge is 2.17. The second-order valence-corrected chi connectivity index (χ2v) is 5.11. The standard InChI is InChI=1S/C13H17ClN2OS/c1-3-6-16(8-12(15)18)13(17)11-7-10(14)5-4-9(11)2/h4-5,7H,3,6,8H2,1-2H3,(H2,15,18). The van der Waals surface area contributed by atoms with Crippen LogP contribution in [0.4, 0.5) is 0 Å². The minimum absolute atomic E-state index is 0.0790. The summed E-state index contributed by atoms with van der Waals surface area (Å²) in [6.45, 7) is 4.81. The van der Waals surface area contributed by atoms with E-state index in [2.05, 4.69) is 0 Å². The van der Waals surface area contributed by atoms with Gasteiger partial charge >= 0.3 is 0 Å². The third-order valence-electron chi connectivity index (χ3n) is 2.56. The fourth-order valence-corrected chi connectivity index (χ4v) is 2.03. The second kappa shape index (κ2) is 6.71. The minimum Gasteiger partial charge on any atom is -0.392 e. The summed E-state index contributed by atoms with van der Waals surface area (Å²) in [5, 5.41) is 0.552. The Morgan fingerprint density at radius 1 is 1.50 bits per heavy atom. The summed E-state index contributed by atoms with van der Waals surface area (Å²) >= 11 is 10.8. The van der Waals surface area contributed by atoms with Crippen molar-refractivity contribution in [2.45, 2.75) is 20.3 Å². The van der Waals surface area contributed by atoms with Crippen LogP contribution in [0.25, 0.3) is 0 Å². The fraction of sp³-hybridized carbons (Fsp3) is 0.385. The summed E-state index contributed by atoms with van der Waals surface area (Å²) in [6, 6.07) is 5.29. The van der Waals surface area contributed by atoms with Gasteiger partial charge in [-0.1, -0.05) is 36.8 Å². The Kier molecular flexibility index (Phi) is 5.56. The Balaban J connectivity index is 3.01. The first-order valence-electron chi connectivity index (χ1n) is 5.79. The number of halogens is 1. The number of hydrogen-bond donors (Lipinski definition) is 1. The highest BCUT2D eigenvalue weighted by atomic mass is 35.5. The van der Waals surface area contributed by atoms with Gasteiger partial charge in [-0.25, -0.2) is 0 Å². The molecule has 1 aromatic carbocycles. The zero-order chi connectivity index (χ0) is 13.7. The van der Waals surface area contributed by atoms with Crippen molar-refractivity contribution in [2.24, 2.45) is 5.73 Å². The van der Waals surface area contributed by atoms with Crippen LogP contribution in [0.15, 0.2) is 18.2 Å². The molecule has 0 unspecified atom stereocenters. The second-order valence-electron chi connectivity index (χ2n) is 4.15. The number of nitrogens with zero attached hydrogens (tertiary/aromatic N) is 1. The zero-order valence-electron chi connectivity index (χ0n) is 10.6. The van der Waals surface area contributed by atoms with E-state index in [1.165, 1.54) is 0 Å². The maximum atomic E-state index is 12.4. The van der Waals surface area contributed by atoms with Crippen LogP contribution < -0.4 is 5.73 Å². The summed E-state index contributed by atoms with van der Waals surface area (Å²) in [7, 11) is 0. The highest BCUT2D eigenvalue weighted by Crippen LogP contribution is 2.17. The molecule has 0 atom stereocenters. The van der Waals surface area contributed by atoms with Gasteiger partial charge in [-0.05, 0) is 31.0 Å². The van der Waals surface area contributed by atoms with Crippen molar-refractivity contribution >= 4 is 34.7 Å². The Morgan fingerprint density at radius 2 is 2.17 bits per heavy atom. The largest absolute Gasteiger partial charge is 0.392 e. The van der Waals surface area contributed by atoms with Crippen molar-refractivity contribution in [1.82, 2.24) is 4.90 Å². The molecule has 0 fully saturated rings. The van der Waals surface area contributed by atoms with Gasteiger partial charge in [0.05, 0.1) is 11.5 Å². The third kappa shape index (κ3) is 3.96. The van der Waals surface area contributed by atoms with Crippen molar-refractivity contribution in [3.8, 4) is 0 Å². The van der Waals surface area contributed by atoms with Gasteiger partial charge in [-0.3, -0.25) is 4.79 Å². The number of amides is 1. The van der Waals surface area contributed by atoms with Gasteiger partial charge in [0.2, 0.25) is 0 Å². The molecular formula is C13H17ClN2OS. The molecule has 0 saturated heterocycles. The smallest absolute Gasteiger partial charge is 0.254 e. The molecule has 18 heavy (non-hydrogen) atoms. The van der Waals surface area contributed by atoms with E-state index in [1.54, 1.807) is 17.0 Å². The van der Waals surface area contributed by atoms with Gasteiger partial charge in [0, 0.05) is 17.1 Å². The predicted molar refractivity (Wildman–Crippen MR) is 79.2 cm³/mol. The molecule has 0 heterocycles. The maximum absolute atomic E-state index is 12.4. The molecule has 0 saturated carbocycles. The van der Waals surface area contributed by atoms with Crippen LogP contribution in [-0.2, 0) is 0 Å². The Bertz CT molecular complexity index is 462. The molecule has 0 aromatic heterocycles. The molecule has 0 aliphatic rings. The number of aryl methyl sites for hydroxylation is 1. The topological polar surface area (TPSA) is 46.3 Å². The van der Waals surface area contributed by atoms with E-state index in [4.69, 9.17) is 29.6 Å². The van der Waals surface area contributed by atoms with Gasteiger partial charge in [0.15, 0.2) is 0 Å². The lowest BCUT2D eigenvalue weighted by Gasteiger charge is -2.22. The average molecular weight is 285 g/mol. The molecule has 0 aliphatic carbocycles. The number of carbonyl (C=O) groups excluding carboxylic acids is 1. The van der Waals surface area contributed by atoms with E-state index in [0.29, 0.717) is 28.7 Å². The van der Waals surface area contributed by atoms with Gasteiger partial charge in [0.25, 0.3) is 5.91 Å². The summed E-state index contributed by atoms with van der Waals surface area (Å²) in [4.78, 5) is 14.4. The number of benzene rings is 1. The van der Waals surface area contributed by atoms with Crippen molar-refractivity contribution < 1.29 is 4.79 Å². The summed E-state index contributed by atoms with van der Waals surface area (Å²) < 4.78 is 0. The molecule has 0 aliphatic heterocycles. The number of carbonyl (C=O) groups is 1. The molecule has 1 rings (SSSR count).